The van der Waals surface area contributed by atoms with Crippen LogP contribution in [0.3, 0.4) is 0 Å². The molecule has 1 heteroatoms. The molecule has 0 saturated carbocycles. The van der Waals surface area contributed by atoms with Gasteiger partial charge in [0.2, 0.25) is 0 Å². The van der Waals surface area contributed by atoms with Gasteiger partial charge in [-0.1, -0.05) is 0 Å². The molecule has 1 unspecified atom stereocenters. The summed E-state index contributed by atoms with van der Waals surface area (Å²) in [5.41, 5.74) is 1.55. The first-order chi connectivity index (χ1) is 6.36. The van der Waals surface area contributed by atoms with Crippen LogP contribution in [-0.4, -0.2) is 12.9 Å². The fraction of sp³-hybridized carbons (Fsp3) is 0.750. The minimum atomic E-state index is 0.834. The molecule has 0 radical (unpaired) electrons. The Bertz CT molecular complexity index is 191. The molecule has 1 heterocycles. The van der Waals surface area contributed by atoms with Gasteiger partial charge >= 0.3 is 82.7 Å². The zero-order valence-corrected chi connectivity index (χ0v) is 9.05. The van der Waals surface area contributed by atoms with Crippen molar-refractivity contribution in [2.75, 3.05) is 0 Å². The summed E-state index contributed by atoms with van der Waals surface area (Å²) >= 11 is 0. The second-order valence-corrected chi connectivity index (χ2v) is 4.03. The van der Waals surface area contributed by atoms with Crippen LogP contribution in [0.1, 0.15) is 52.4 Å². The van der Waals surface area contributed by atoms with E-state index in [1.807, 2.05) is 0 Å². The molecule has 1 rings (SSSR count). The average molecular weight is 176 g/mol. The third-order valence-electron chi connectivity index (χ3n) is 2.73. The average Bonchev–Trinajstić information content (AvgIpc) is 2.17. The maximum atomic E-state index is 2.43. The summed E-state index contributed by atoms with van der Waals surface area (Å²) in [6, 6.07) is 0. The van der Waals surface area contributed by atoms with Crippen LogP contribution in [0.4, 0.5) is 0 Å². The maximum absolute atomic E-state index is 2.43. The molecule has 0 fully saturated rings. The molecule has 13 heavy (non-hydrogen) atoms. The van der Waals surface area contributed by atoms with Gasteiger partial charge in [-0.15, -0.1) is 0 Å². The molecule has 0 saturated heterocycles. The van der Waals surface area contributed by atoms with E-state index in [0.717, 1.165) is 5.82 Å². The van der Waals surface area contributed by atoms with Crippen molar-refractivity contribution in [2.24, 2.45) is 0 Å². The molecule has 0 spiro atoms. The zero-order valence-electron chi connectivity index (χ0n) is 9.05. The molecular formula is C12H21B. The summed E-state index contributed by atoms with van der Waals surface area (Å²) in [6.07, 6.45) is 10.3. The van der Waals surface area contributed by atoms with Crippen LogP contribution in [0, 0.1) is 0 Å². The molecular weight excluding hydrogens is 155 g/mol. The van der Waals surface area contributed by atoms with Gasteiger partial charge in [0, 0.05) is 0 Å². The van der Waals surface area contributed by atoms with E-state index in [1.54, 1.807) is 5.57 Å². The monoisotopic (exact) mass is 176 g/mol. The van der Waals surface area contributed by atoms with E-state index in [0.29, 0.717) is 0 Å². The number of hydrogen-bond donors (Lipinski definition) is 0. The Balaban J connectivity index is 2.26. The van der Waals surface area contributed by atoms with Crippen LogP contribution in [0.15, 0.2) is 11.6 Å². The van der Waals surface area contributed by atoms with Crippen molar-refractivity contribution in [3.8, 4) is 0 Å². The summed E-state index contributed by atoms with van der Waals surface area (Å²) < 4.78 is 0. The third-order valence-corrected chi connectivity index (χ3v) is 2.73. The molecule has 0 aromatic carbocycles. The molecule has 0 amide bonds. The fourth-order valence-corrected chi connectivity index (χ4v) is 1.86. The zero-order chi connectivity index (χ0) is 9.52. The van der Waals surface area contributed by atoms with Crippen molar-refractivity contribution in [1.29, 1.82) is 0 Å². The summed E-state index contributed by atoms with van der Waals surface area (Å²) in [5, 5.41) is 0. The van der Waals surface area contributed by atoms with Gasteiger partial charge in [0.05, 0.1) is 0 Å². The third kappa shape index (κ3) is 3.93. The Labute approximate surface area is 83.3 Å². The van der Waals surface area contributed by atoms with Crippen molar-refractivity contribution in [1.82, 2.24) is 0 Å². The van der Waals surface area contributed by atoms with E-state index in [4.69, 9.17) is 0 Å². The molecule has 72 valence electrons. The topological polar surface area (TPSA) is 0 Å². The molecule has 0 aliphatic carbocycles. The standard InChI is InChI=1S/C12H21B/c1-3-5-7-12-9-8-11(6-4-2)10-13-12/h8,10,12H,3-7,9H2,1-2H3. The van der Waals surface area contributed by atoms with Gasteiger partial charge in [0.15, 0.2) is 0 Å². The predicted molar refractivity (Wildman–Crippen MR) is 62.7 cm³/mol. The van der Waals surface area contributed by atoms with Gasteiger partial charge in [-0.05, 0) is 0 Å². The van der Waals surface area contributed by atoms with E-state index >= 15 is 0 Å². The molecule has 1 atom stereocenters. The SMILES string of the molecule is CCCCC1B=CC(CCC)=CC1. The van der Waals surface area contributed by atoms with E-state index in [-0.39, 0.29) is 0 Å². The predicted octanol–water partition coefficient (Wildman–Crippen LogP) is 3.60. The van der Waals surface area contributed by atoms with E-state index in [2.05, 4.69) is 32.8 Å². The van der Waals surface area contributed by atoms with Gasteiger partial charge in [0.25, 0.3) is 0 Å². The van der Waals surface area contributed by atoms with Crippen LogP contribution in [0.5, 0.6) is 0 Å². The van der Waals surface area contributed by atoms with Crippen LogP contribution >= 0.6 is 0 Å². The van der Waals surface area contributed by atoms with Crippen LogP contribution < -0.4 is 0 Å². The van der Waals surface area contributed by atoms with Gasteiger partial charge in [-0.25, -0.2) is 0 Å². The number of unbranched alkanes of at least 4 members (excludes halogenated alkanes) is 1. The van der Waals surface area contributed by atoms with Gasteiger partial charge in [-0.3, -0.25) is 0 Å². The minimum absolute atomic E-state index is 0.834. The quantitative estimate of drug-likeness (QED) is 0.561. The number of allylic oxidation sites excluding steroid dienone is 2. The molecule has 0 N–H and O–H groups in total. The molecule has 1 aliphatic rings. The van der Waals surface area contributed by atoms with E-state index in [9.17, 15) is 0 Å². The first-order valence-corrected chi connectivity index (χ1v) is 5.74. The van der Waals surface area contributed by atoms with Crippen molar-refractivity contribution in [3.63, 3.8) is 0 Å². The summed E-state index contributed by atoms with van der Waals surface area (Å²) in [5.74, 6) is 3.17. The van der Waals surface area contributed by atoms with E-state index in [1.165, 1.54) is 38.5 Å². The van der Waals surface area contributed by atoms with Crippen molar-refractivity contribution < 1.29 is 0 Å². The van der Waals surface area contributed by atoms with Crippen molar-refractivity contribution in [2.45, 2.75) is 58.2 Å². The summed E-state index contributed by atoms with van der Waals surface area (Å²) in [4.78, 5) is 0. The molecule has 0 aromatic rings. The molecule has 0 aromatic heterocycles. The van der Waals surface area contributed by atoms with Crippen LogP contribution in [0.25, 0.3) is 0 Å². The summed E-state index contributed by atoms with van der Waals surface area (Å²) in [7, 11) is 0. The molecule has 0 nitrogen and oxygen atoms in total. The van der Waals surface area contributed by atoms with Gasteiger partial charge < -0.3 is 0 Å². The Morgan fingerprint density at radius 3 is 2.77 bits per heavy atom. The second kappa shape index (κ2) is 6.18. The Kier molecular flexibility index (Phi) is 5.11. The van der Waals surface area contributed by atoms with Crippen LogP contribution in [-0.2, 0) is 0 Å². The van der Waals surface area contributed by atoms with E-state index < -0.39 is 0 Å². The van der Waals surface area contributed by atoms with Crippen molar-refractivity contribution >= 4 is 12.9 Å². The first kappa shape index (κ1) is 10.8. The summed E-state index contributed by atoms with van der Waals surface area (Å²) in [6.45, 7) is 6.93. The normalized spacial score (nSPS) is 21.1. The van der Waals surface area contributed by atoms with Gasteiger partial charge in [-0.2, -0.15) is 0 Å². The van der Waals surface area contributed by atoms with Crippen molar-refractivity contribution in [3.05, 3.63) is 11.6 Å². The Morgan fingerprint density at radius 2 is 2.23 bits per heavy atom. The van der Waals surface area contributed by atoms with Crippen LogP contribution in [0.2, 0.25) is 5.82 Å². The second-order valence-electron chi connectivity index (χ2n) is 4.03. The van der Waals surface area contributed by atoms with Gasteiger partial charge in [0.1, 0.15) is 0 Å². The Hall–Kier alpha value is -0.325. The molecule has 0 bridgehead atoms. The number of rotatable bonds is 5. The number of hydrogen-bond acceptors (Lipinski definition) is 0. The first-order valence-electron chi connectivity index (χ1n) is 5.74. The fourth-order valence-electron chi connectivity index (χ4n) is 1.86. The Morgan fingerprint density at radius 1 is 1.38 bits per heavy atom. The molecule has 1 aliphatic heterocycles.